The van der Waals surface area contributed by atoms with E-state index in [1.807, 2.05) is 19.9 Å². The molecule has 0 saturated carbocycles. The fraction of sp³-hybridized carbons (Fsp3) is 0.174. The van der Waals surface area contributed by atoms with Crippen LogP contribution in [0.3, 0.4) is 0 Å². The molecule has 0 aliphatic rings. The van der Waals surface area contributed by atoms with Crippen LogP contribution >= 0.6 is 0 Å². The molecule has 1 heterocycles. The molecule has 3 aromatic rings. The highest BCUT2D eigenvalue weighted by Gasteiger charge is 2.24. The number of benzene rings is 2. The summed E-state index contributed by atoms with van der Waals surface area (Å²) in [6, 6.07) is 17.6. The van der Waals surface area contributed by atoms with E-state index in [1.54, 1.807) is 60.7 Å². The molecule has 0 spiro atoms. The molecular formula is C23H24N4O4. The van der Waals surface area contributed by atoms with E-state index >= 15 is 0 Å². The lowest BCUT2D eigenvalue weighted by atomic mass is 10.0. The van der Waals surface area contributed by atoms with Crippen molar-refractivity contribution < 1.29 is 18.8 Å². The zero-order valence-electron chi connectivity index (χ0n) is 17.2. The lowest BCUT2D eigenvalue weighted by molar-refractivity contribution is -0.118. The first-order valence-electron chi connectivity index (χ1n) is 9.80. The second-order valence-electron chi connectivity index (χ2n) is 7.19. The van der Waals surface area contributed by atoms with Crippen molar-refractivity contribution in [3.63, 3.8) is 0 Å². The monoisotopic (exact) mass is 420 g/mol. The number of urea groups is 1. The van der Waals surface area contributed by atoms with E-state index in [1.165, 1.54) is 6.26 Å². The second-order valence-corrected chi connectivity index (χ2v) is 7.19. The number of furan rings is 1. The minimum Gasteiger partial charge on any atom is -0.459 e. The Bertz CT molecular complexity index is 1030. The molecule has 8 nitrogen and oxygen atoms in total. The van der Waals surface area contributed by atoms with Gasteiger partial charge in [-0.2, -0.15) is 0 Å². The number of rotatable bonds is 7. The minimum absolute atomic E-state index is 0.150. The van der Waals surface area contributed by atoms with Crippen LogP contribution in [0.1, 0.15) is 24.4 Å². The molecule has 0 saturated heterocycles. The predicted octanol–water partition coefficient (Wildman–Crippen LogP) is 4.32. The number of carbonyl (C=O) groups excluding carboxylic acids is 3. The first kappa shape index (κ1) is 21.6. The molecule has 0 fully saturated rings. The van der Waals surface area contributed by atoms with Crippen LogP contribution in [-0.2, 0) is 4.79 Å². The first-order chi connectivity index (χ1) is 14.9. The Morgan fingerprint density at radius 3 is 2.10 bits per heavy atom. The van der Waals surface area contributed by atoms with Crippen LogP contribution in [0.4, 0.5) is 21.9 Å². The van der Waals surface area contributed by atoms with Crippen molar-refractivity contribution in [1.82, 2.24) is 5.32 Å². The van der Waals surface area contributed by atoms with Gasteiger partial charge < -0.3 is 25.7 Å². The molecule has 0 aliphatic heterocycles. The maximum atomic E-state index is 12.8. The Labute approximate surface area is 180 Å². The maximum Gasteiger partial charge on any atom is 0.319 e. The van der Waals surface area contributed by atoms with Crippen LogP contribution < -0.4 is 21.3 Å². The lowest BCUT2D eigenvalue weighted by Gasteiger charge is -2.22. The third-order valence-corrected chi connectivity index (χ3v) is 4.40. The fourth-order valence-electron chi connectivity index (χ4n) is 2.86. The quantitative estimate of drug-likeness (QED) is 0.456. The van der Waals surface area contributed by atoms with Gasteiger partial charge in [-0.25, -0.2) is 4.79 Å². The largest absolute Gasteiger partial charge is 0.459 e. The number of para-hydroxylation sites is 1. The van der Waals surface area contributed by atoms with Gasteiger partial charge in [-0.05, 0) is 48.4 Å². The molecule has 0 bridgehead atoms. The lowest BCUT2D eigenvalue weighted by Crippen LogP contribution is -2.48. The topological polar surface area (TPSA) is 112 Å². The van der Waals surface area contributed by atoms with Crippen molar-refractivity contribution in [2.45, 2.75) is 19.9 Å². The zero-order valence-corrected chi connectivity index (χ0v) is 17.2. The highest BCUT2D eigenvalue weighted by Crippen LogP contribution is 2.17. The van der Waals surface area contributed by atoms with E-state index in [0.29, 0.717) is 17.1 Å². The summed E-state index contributed by atoms with van der Waals surface area (Å²) in [5.74, 6) is -0.730. The minimum atomic E-state index is -0.759. The van der Waals surface area contributed by atoms with Gasteiger partial charge in [-0.15, -0.1) is 0 Å². The van der Waals surface area contributed by atoms with E-state index in [-0.39, 0.29) is 17.6 Å². The summed E-state index contributed by atoms with van der Waals surface area (Å²) in [7, 11) is 0. The number of hydrogen-bond donors (Lipinski definition) is 4. The number of amides is 4. The van der Waals surface area contributed by atoms with Crippen molar-refractivity contribution in [1.29, 1.82) is 0 Å². The van der Waals surface area contributed by atoms with Crippen molar-refractivity contribution in [3.8, 4) is 0 Å². The van der Waals surface area contributed by atoms with E-state index in [9.17, 15) is 14.4 Å². The van der Waals surface area contributed by atoms with Crippen molar-refractivity contribution in [2.75, 3.05) is 16.0 Å². The molecule has 8 heteroatoms. The molecule has 0 unspecified atom stereocenters. The van der Waals surface area contributed by atoms with Gasteiger partial charge in [-0.1, -0.05) is 38.1 Å². The maximum absolute atomic E-state index is 12.8. The molecule has 2 aromatic carbocycles. The van der Waals surface area contributed by atoms with Gasteiger partial charge in [0.15, 0.2) is 5.76 Å². The normalized spacial score (nSPS) is 11.5. The molecule has 31 heavy (non-hydrogen) atoms. The van der Waals surface area contributed by atoms with Gasteiger partial charge in [0.1, 0.15) is 6.04 Å². The summed E-state index contributed by atoms with van der Waals surface area (Å²) < 4.78 is 5.07. The number of nitrogens with one attached hydrogen (secondary N) is 4. The number of hydrogen-bond acceptors (Lipinski definition) is 4. The summed E-state index contributed by atoms with van der Waals surface area (Å²) in [4.78, 5) is 37.3. The van der Waals surface area contributed by atoms with Gasteiger partial charge in [0.25, 0.3) is 5.91 Å². The average molecular weight is 420 g/mol. The Morgan fingerprint density at radius 1 is 0.774 bits per heavy atom. The highest BCUT2D eigenvalue weighted by molar-refractivity contribution is 6.03. The Kier molecular flexibility index (Phi) is 7.05. The first-order valence-corrected chi connectivity index (χ1v) is 9.80. The Balaban J connectivity index is 1.62. The van der Waals surface area contributed by atoms with Crippen LogP contribution in [0.2, 0.25) is 0 Å². The zero-order chi connectivity index (χ0) is 22.2. The summed E-state index contributed by atoms with van der Waals surface area (Å²) in [5.41, 5.74) is 1.61. The van der Waals surface area contributed by atoms with Gasteiger partial charge in [0.05, 0.1) is 6.26 Å². The molecule has 160 valence electrons. The molecule has 4 N–H and O–H groups in total. The van der Waals surface area contributed by atoms with Crippen LogP contribution in [0.5, 0.6) is 0 Å². The molecule has 1 aromatic heterocycles. The second kappa shape index (κ2) is 10.1. The Morgan fingerprint density at radius 2 is 1.45 bits per heavy atom. The highest BCUT2D eigenvalue weighted by atomic mass is 16.3. The van der Waals surface area contributed by atoms with Gasteiger partial charge in [0, 0.05) is 17.1 Å². The summed E-state index contributed by atoms with van der Waals surface area (Å²) in [6.07, 6.45) is 1.42. The van der Waals surface area contributed by atoms with Crippen LogP contribution in [0, 0.1) is 5.92 Å². The van der Waals surface area contributed by atoms with E-state index in [0.717, 1.165) is 0 Å². The molecule has 3 rings (SSSR count). The SMILES string of the molecule is CC(C)[C@@H](NC(=O)Nc1ccccc1)C(=O)Nc1cccc(NC(=O)c2ccco2)c1. The molecule has 0 aliphatic carbocycles. The standard InChI is InChI=1S/C23H24N4O4/c1-15(2)20(27-23(30)26-16-8-4-3-5-9-16)22(29)25-18-11-6-10-17(14-18)24-21(28)19-12-7-13-31-19/h3-15,20H,1-2H3,(H,24,28)(H,25,29)(H2,26,27,30)/t20-/m1/s1. The van der Waals surface area contributed by atoms with Crippen molar-refractivity contribution in [3.05, 3.63) is 78.8 Å². The predicted molar refractivity (Wildman–Crippen MR) is 119 cm³/mol. The third kappa shape index (κ3) is 6.20. The summed E-state index contributed by atoms with van der Waals surface area (Å²) in [5, 5.41) is 10.9. The van der Waals surface area contributed by atoms with Crippen molar-refractivity contribution >= 4 is 34.9 Å². The molecule has 0 radical (unpaired) electrons. The fourth-order valence-corrected chi connectivity index (χ4v) is 2.86. The summed E-state index contributed by atoms with van der Waals surface area (Å²) in [6.45, 7) is 3.68. The average Bonchev–Trinajstić information content (AvgIpc) is 3.28. The van der Waals surface area contributed by atoms with Gasteiger partial charge >= 0.3 is 6.03 Å². The molecule has 1 atom stereocenters. The summed E-state index contributed by atoms with van der Waals surface area (Å²) >= 11 is 0. The number of anilines is 3. The van der Waals surface area contributed by atoms with Gasteiger partial charge in [0.2, 0.25) is 5.91 Å². The number of carbonyl (C=O) groups is 3. The Hall–Kier alpha value is -4.07. The van der Waals surface area contributed by atoms with Crippen LogP contribution in [0.25, 0.3) is 0 Å². The van der Waals surface area contributed by atoms with Crippen LogP contribution in [0.15, 0.2) is 77.4 Å². The molecule has 4 amide bonds. The van der Waals surface area contributed by atoms with Crippen molar-refractivity contribution in [2.24, 2.45) is 5.92 Å². The molecular weight excluding hydrogens is 396 g/mol. The van der Waals surface area contributed by atoms with Gasteiger partial charge in [-0.3, -0.25) is 9.59 Å². The third-order valence-electron chi connectivity index (χ3n) is 4.40. The van der Waals surface area contributed by atoms with E-state index in [4.69, 9.17) is 4.42 Å². The van der Waals surface area contributed by atoms with E-state index < -0.39 is 18.0 Å². The van der Waals surface area contributed by atoms with Crippen LogP contribution in [-0.4, -0.2) is 23.9 Å². The van der Waals surface area contributed by atoms with E-state index in [2.05, 4.69) is 21.3 Å². The smallest absolute Gasteiger partial charge is 0.319 e.